The summed E-state index contributed by atoms with van der Waals surface area (Å²) < 4.78 is 17.0. The van der Waals surface area contributed by atoms with Crippen molar-refractivity contribution in [3.8, 4) is 0 Å². The first-order valence-corrected chi connectivity index (χ1v) is 34.6. The van der Waals surface area contributed by atoms with E-state index in [-0.39, 0.29) is 31.1 Å². The number of allylic oxidation sites excluding steroid dienone is 8. The average Bonchev–Trinajstić information content (AvgIpc) is 3.44. The summed E-state index contributed by atoms with van der Waals surface area (Å²) in [6.45, 7) is 6.69. The Morgan fingerprint density at radius 3 is 0.731 bits per heavy atom. The normalized spacial score (nSPS) is 12.3. The van der Waals surface area contributed by atoms with Crippen LogP contribution in [0.4, 0.5) is 0 Å². The maximum Gasteiger partial charge on any atom is 0.306 e. The minimum absolute atomic E-state index is 0.0706. The van der Waals surface area contributed by atoms with Crippen LogP contribution in [0.5, 0.6) is 0 Å². The van der Waals surface area contributed by atoms with Crippen molar-refractivity contribution in [1.29, 1.82) is 0 Å². The molecular formula is C72H132O6. The Labute approximate surface area is 486 Å². The van der Waals surface area contributed by atoms with Gasteiger partial charge in [-0.25, -0.2) is 0 Å². The van der Waals surface area contributed by atoms with E-state index in [2.05, 4.69) is 69.4 Å². The van der Waals surface area contributed by atoms with E-state index < -0.39 is 6.10 Å². The number of hydrogen-bond donors (Lipinski definition) is 0. The standard InChI is InChI=1S/C72H132O6/c1-4-7-10-13-16-19-22-25-28-31-33-34-35-36-37-38-40-41-44-47-50-53-56-59-62-65-71(74)77-68-69(67-76-70(73)64-61-58-55-52-49-46-43-30-27-24-21-18-15-12-9-6-3)78-72(75)66-63-60-57-54-51-48-45-42-39-32-29-26-23-20-17-14-11-8-5-2/h22,25-26,29,31,33,35-36,69H,4-21,23-24,27-28,30,32,34,37-68H2,1-3H3/b25-22-,29-26-,33-31-,36-35-. The van der Waals surface area contributed by atoms with Crippen molar-refractivity contribution in [2.45, 2.75) is 380 Å². The minimum atomic E-state index is -0.775. The summed E-state index contributed by atoms with van der Waals surface area (Å²) in [6, 6.07) is 0. The van der Waals surface area contributed by atoms with Crippen molar-refractivity contribution in [2.24, 2.45) is 0 Å². The van der Waals surface area contributed by atoms with E-state index >= 15 is 0 Å². The van der Waals surface area contributed by atoms with Crippen molar-refractivity contribution >= 4 is 17.9 Å². The van der Waals surface area contributed by atoms with Gasteiger partial charge in [-0.1, -0.05) is 320 Å². The lowest BCUT2D eigenvalue weighted by molar-refractivity contribution is -0.167. The van der Waals surface area contributed by atoms with Gasteiger partial charge in [0.25, 0.3) is 0 Å². The highest BCUT2D eigenvalue weighted by Crippen LogP contribution is 2.18. The van der Waals surface area contributed by atoms with Gasteiger partial charge in [0.2, 0.25) is 0 Å². The van der Waals surface area contributed by atoms with Crippen molar-refractivity contribution in [2.75, 3.05) is 13.2 Å². The Morgan fingerprint density at radius 1 is 0.256 bits per heavy atom. The van der Waals surface area contributed by atoms with Gasteiger partial charge in [0.1, 0.15) is 13.2 Å². The van der Waals surface area contributed by atoms with E-state index in [0.717, 1.165) is 70.6 Å². The van der Waals surface area contributed by atoms with Gasteiger partial charge >= 0.3 is 17.9 Å². The van der Waals surface area contributed by atoms with Gasteiger partial charge in [-0.2, -0.15) is 0 Å². The van der Waals surface area contributed by atoms with Crippen LogP contribution in [-0.2, 0) is 28.6 Å². The number of ether oxygens (including phenoxy) is 3. The van der Waals surface area contributed by atoms with Crippen molar-refractivity contribution < 1.29 is 28.6 Å². The number of esters is 3. The van der Waals surface area contributed by atoms with Gasteiger partial charge in [0, 0.05) is 19.3 Å². The number of rotatable bonds is 64. The molecule has 0 fully saturated rings. The van der Waals surface area contributed by atoms with Crippen molar-refractivity contribution in [3.63, 3.8) is 0 Å². The second-order valence-electron chi connectivity index (χ2n) is 23.4. The molecule has 1 unspecified atom stereocenters. The molecule has 456 valence electrons. The van der Waals surface area contributed by atoms with E-state index in [1.165, 1.54) is 263 Å². The molecule has 0 saturated carbocycles. The Morgan fingerprint density at radius 2 is 0.462 bits per heavy atom. The van der Waals surface area contributed by atoms with Gasteiger partial charge in [-0.15, -0.1) is 0 Å². The van der Waals surface area contributed by atoms with Crippen LogP contribution in [0.2, 0.25) is 0 Å². The largest absolute Gasteiger partial charge is 0.462 e. The second kappa shape index (κ2) is 66.9. The van der Waals surface area contributed by atoms with Crippen LogP contribution >= 0.6 is 0 Å². The van der Waals surface area contributed by atoms with Gasteiger partial charge < -0.3 is 14.2 Å². The van der Waals surface area contributed by atoms with E-state index in [0.29, 0.717) is 19.3 Å². The summed E-state index contributed by atoms with van der Waals surface area (Å²) >= 11 is 0. The number of hydrogen-bond acceptors (Lipinski definition) is 6. The van der Waals surface area contributed by atoms with Gasteiger partial charge in [0.15, 0.2) is 6.10 Å². The zero-order valence-corrected chi connectivity index (χ0v) is 52.5. The SMILES string of the molecule is CCCCCCC/C=C\C/C=C\C/C=C\CCCCCCCCCCCCC(=O)OCC(COC(=O)CCCCCCCCCCCCCCCCCC)OC(=O)CCCCCCCCCCC/C=C\CCCCCCCC. The summed E-state index contributed by atoms with van der Waals surface area (Å²) in [5.41, 5.74) is 0. The quantitative estimate of drug-likeness (QED) is 0.0261. The van der Waals surface area contributed by atoms with E-state index in [4.69, 9.17) is 14.2 Å². The third-order valence-corrected chi connectivity index (χ3v) is 15.6. The Kier molecular flexibility index (Phi) is 64.6. The molecule has 0 radical (unpaired) electrons. The molecular weight excluding hydrogens is 961 g/mol. The lowest BCUT2D eigenvalue weighted by atomic mass is 10.0. The first-order valence-electron chi connectivity index (χ1n) is 34.6. The Bertz CT molecular complexity index is 1350. The molecule has 6 heteroatoms. The van der Waals surface area contributed by atoms with Crippen molar-refractivity contribution in [3.05, 3.63) is 48.6 Å². The highest BCUT2D eigenvalue weighted by atomic mass is 16.6. The lowest BCUT2D eigenvalue weighted by Crippen LogP contribution is -2.30. The van der Waals surface area contributed by atoms with Crippen LogP contribution in [0.25, 0.3) is 0 Å². The van der Waals surface area contributed by atoms with Gasteiger partial charge in [0.05, 0.1) is 0 Å². The highest BCUT2D eigenvalue weighted by molar-refractivity contribution is 5.71. The van der Waals surface area contributed by atoms with Gasteiger partial charge in [-0.3, -0.25) is 14.4 Å². The molecule has 0 saturated heterocycles. The van der Waals surface area contributed by atoms with Crippen LogP contribution in [-0.4, -0.2) is 37.2 Å². The maximum absolute atomic E-state index is 12.9. The van der Waals surface area contributed by atoms with Crippen LogP contribution < -0.4 is 0 Å². The van der Waals surface area contributed by atoms with E-state index in [1.54, 1.807) is 0 Å². The lowest BCUT2D eigenvalue weighted by Gasteiger charge is -2.18. The topological polar surface area (TPSA) is 78.9 Å². The summed E-state index contributed by atoms with van der Waals surface area (Å²) in [5, 5.41) is 0. The summed E-state index contributed by atoms with van der Waals surface area (Å²) in [7, 11) is 0. The first kappa shape index (κ1) is 75.4. The predicted molar refractivity (Wildman–Crippen MR) is 339 cm³/mol. The molecule has 0 aromatic rings. The highest BCUT2D eigenvalue weighted by Gasteiger charge is 2.19. The Balaban J connectivity index is 4.31. The van der Waals surface area contributed by atoms with Crippen LogP contribution in [0.1, 0.15) is 374 Å². The summed E-state index contributed by atoms with van der Waals surface area (Å²) in [4.78, 5) is 38.4. The molecule has 6 nitrogen and oxygen atoms in total. The zero-order valence-electron chi connectivity index (χ0n) is 52.5. The molecule has 0 aromatic carbocycles. The number of carbonyl (C=O) groups excluding carboxylic acids is 3. The van der Waals surface area contributed by atoms with E-state index in [1.807, 2.05) is 0 Å². The third-order valence-electron chi connectivity index (χ3n) is 15.6. The molecule has 0 rings (SSSR count). The monoisotopic (exact) mass is 1090 g/mol. The summed E-state index contributed by atoms with van der Waals surface area (Å²) in [6.07, 6.45) is 84.1. The first-order chi connectivity index (χ1) is 38.5. The molecule has 0 aliphatic carbocycles. The second-order valence-corrected chi connectivity index (χ2v) is 23.4. The summed E-state index contributed by atoms with van der Waals surface area (Å²) in [5.74, 6) is -0.851. The fraction of sp³-hybridized carbons (Fsp3) is 0.847. The molecule has 0 aromatic heterocycles. The third kappa shape index (κ3) is 64.2. The molecule has 0 bridgehead atoms. The average molecular weight is 1090 g/mol. The number of carbonyl (C=O) groups is 3. The molecule has 78 heavy (non-hydrogen) atoms. The van der Waals surface area contributed by atoms with E-state index in [9.17, 15) is 14.4 Å². The Hall–Kier alpha value is -2.63. The smallest absolute Gasteiger partial charge is 0.306 e. The molecule has 0 spiro atoms. The predicted octanol–water partition coefficient (Wildman–Crippen LogP) is 23.7. The zero-order chi connectivity index (χ0) is 56.4. The fourth-order valence-corrected chi connectivity index (χ4v) is 10.3. The molecule has 0 N–H and O–H groups in total. The molecule has 0 aliphatic rings. The van der Waals surface area contributed by atoms with Crippen LogP contribution in [0.15, 0.2) is 48.6 Å². The van der Waals surface area contributed by atoms with Crippen molar-refractivity contribution in [1.82, 2.24) is 0 Å². The van der Waals surface area contributed by atoms with Gasteiger partial charge in [-0.05, 0) is 83.5 Å². The molecule has 0 aliphatic heterocycles. The maximum atomic E-state index is 12.9. The number of unbranched alkanes of at least 4 members (excludes halogenated alkanes) is 45. The fourth-order valence-electron chi connectivity index (χ4n) is 10.3. The molecule has 1 atom stereocenters. The molecule has 0 heterocycles. The minimum Gasteiger partial charge on any atom is -0.462 e. The van der Waals surface area contributed by atoms with Crippen LogP contribution in [0.3, 0.4) is 0 Å². The molecule has 0 amide bonds. The van der Waals surface area contributed by atoms with Crippen LogP contribution in [0, 0.1) is 0 Å².